The quantitative estimate of drug-likeness (QED) is 0.778. The van der Waals surface area contributed by atoms with Gasteiger partial charge < -0.3 is 9.30 Å². The molecule has 2 unspecified atom stereocenters. The van der Waals surface area contributed by atoms with Crippen molar-refractivity contribution in [3.63, 3.8) is 0 Å². The molecular formula is C14H17BrClN3O. The molecular weight excluding hydrogens is 342 g/mol. The van der Waals surface area contributed by atoms with Gasteiger partial charge in [0.1, 0.15) is 11.3 Å². The number of pyridine rings is 1. The van der Waals surface area contributed by atoms with E-state index in [0.29, 0.717) is 5.92 Å². The van der Waals surface area contributed by atoms with Crippen molar-refractivity contribution in [3.05, 3.63) is 22.6 Å². The summed E-state index contributed by atoms with van der Waals surface area (Å²) in [5.74, 6) is 1.53. The number of nitrogens with zero attached hydrogens (tertiary/aromatic N) is 3. The minimum Gasteiger partial charge on any atom is -0.381 e. The zero-order valence-electron chi connectivity index (χ0n) is 11.4. The molecule has 0 bridgehead atoms. The van der Waals surface area contributed by atoms with Gasteiger partial charge in [-0.2, -0.15) is 0 Å². The fraction of sp³-hybridized carbons (Fsp3) is 0.571. The smallest absolute Gasteiger partial charge is 0.160 e. The zero-order valence-corrected chi connectivity index (χ0v) is 13.7. The number of halogens is 2. The standard InChI is InChI=1S/C14H17BrClN3O/c1-9(16)13-18-12-6-11(15)7-17-14(12)19(13)4-2-10-3-5-20-8-10/h6-7,9-10H,2-5,8H2,1H3. The maximum Gasteiger partial charge on any atom is 0.160 e. The highest BCUT2D eigenvalue weighted by Crippen LogP contribution is 2.27. The fourth-order valence-corrected chi connectivity index (χ4v) is 3.14. The molecule has 2 aromatic heterocycles. The Balaban J connectivity index is 1.91. The van der Waals surface area contributed by atoms with Crippen LogP contribution < -0.4 is 0 Å². The van der Waals surface area contributed by atoms with Crippen molar-refractivity contribution in [3.8, 4) is 0 Å². The summed E-state index contributed by atoms with van der Waals surface area (Å²) >= 11 is 9.70. The second kappa shape index (κ2) is 6.00. The molecule has 0 amide bonds. The van der Waals surface area contributed by atoms with Crippen molar-refractivity contribution in [2.24, 2.45) is 5.92 Å². The number of aromatic nitrogens is 3. The van der Waals surface area contributed by atoms with E-state index in [9.17, 15) is 0 Å². The lowest BCUT2D eigenvalue weighted by molar-refractivity contribution is 0.183. The van der Waals surface area contributed by atoms with Crippen molar-refractivity contribution in [2.45, 2.75) is 31.7 Å². The number of ether oxygens (including phenoxy) is 1. The highest BCUT2D eigenvalue weighted by molar-refractivity contribution is 9.10. The van der Waals surface area contributed by atoms with Crippen molar-refractivity contribution in [1.82, 2.24) is 14.5 Å². The average molecular weight is 359 g/mol. The summed E-state index contributed by atoms with van der Waals surface area (Å²) in [5, 5.41) is -0.122. The van der Waals surface area contributed by atoms with Gasteiger partial charge in [0.05, 0.1) is 5.38 Å². The highest BCUT2D eigenvalue weighted by Gasteiger charge is 2.19. The predicted octanol–water partition coefficient (Wildman–Crippen LogP) is 3.92. The third kappa shape index (κ3) is 2.85. The van der Waals surface area contributed by atoms with Crippen LogP contribution in [-0.4, -0.2) is 27.7 Å². The number of aryl methyl sites for hydroxylation is 1. The summed E-state index contributed by atoms with van der Waals surface area (Å²) in [7, 11) is 0. The van der Waals surface area contributed by atoms with E-state index in [1.165, 1.54) is 0 Å². The largest absolute Gasteiger partial charge is 0.381 e. The Morgan fingerprint density at radius 2 is 2.45 bits per heavy atom. The maximum absolute atomic E-state index is 6.27. The van der Waals surface area contributed by atoms with Crippen molar-refractivity contribution < 1.29 is 4.74 Å². The van der Waals surface area contributed by atoms with Crippen molar-refractivity contribution >= 4 is 38.7 Å². The Labute approximate surface area is 131 Å². The monoisotopic (exact) mass is 357 g/mol. The van der Waals surface area contributed by atoms with E-state index in [2.05, 4.69) is 30.5 Å². The van der Waals surface area contributed by atoms with E-state index in [1.807, 2.05) is 19.2 Å². The van der Waals surface area contributed by atoms with Crippen LogP contribution in [0, 0.1) is 5.92 Å². The Hall–Kier alpha value is -0.650. The molecule has 20 heavy (non-hydrogen) atoms. The van der Waals surface area contributed by atoms with Crippen LogP contribution in [0.25, 0.3) is 11.2 Å². The van der Waals surface area contributed by atoms with Gasteiger partial charge in [0.2, 0.25) is 0 Å². The Morgan fingerprint density at radius 1 is 1.60 bits per heavy atom. The number of fused-ring (bicyclic) bond motifs is 1. The lowest BCUT2D eigenvalue weighted by Crippen LogP contribution is -2.10. The molecule has 0 aromatic carbocycles. The minimum atomic E-state index is -0.122. The van der Waals surface area contributed by atoms with Gasteiger partial charge in [0.25, 0.3) is 0 Å². The SMILES string of the molecule is CC(Cl)c1nc2cc(Br)cnc2n1CCC1CCOC1. The average Bonchev–Trinajstić information content (AvgIpc) is 3.02. The first-order chi connectivity index (χ1) is 9.65. The highest BCUT2D eigenvalue weighted by atomic mass is 79.9. The van der Waals surface area contributed by atoms with Crippen LogP contribution in [-0.2, 0) is 11.3 Å². The summed E-state index contributed by atoms with van der Waals surface area (Å²) < 4.78 is 8.52. The van der Waals surface area contributed by atoms with Crippen LogP contribution in [0.3, 0.4) is 0 Å². The number of alkyl halides is 1. The molecule has 1 fully saturated rings. The van der Waals surface area contributed by atoms with E-state index in [4.69, 9.17) is 16.3 Å². The number of hydrogen-bond donors (Lipinski definition) is 0. The van der Waals surface area contributed by atoms with Crippen molar-refractivity contribution in [2.75, 3.05) is 13.2 Å². The molecule has 0 N–H and O–H groups in total. The van der Waals surface area contributed by atoms with E-state index in [0.717, 1.165) is 54.1 Å². The van der Waals surface area contributed by atoms with Gasteiger partial charge >= 0.3 is 0 Å². The molecule has 1 aliphatic rings. The first kappa shape index (κ1) is 14.3. The molecule has 1 aliphatic heterocycles. The number of imidazole rings is 1. The second-order valence-corrected chi connectivity index (χ2v) is 6.82. The molecule has 108 valence electrons. The van der Waals surface area contributed by atoms with Crippen molar-refractivity contribution in [1.29, 1.82) is 0 Å². The number of hydrogen-bond acceptors (Lipinski definition) is 3. The zero-order chi connectivity index (χ0) is 14.1. The first-order valence-corrected chi connectivity index (χ1v) is 8.11. The van der Waals surface area contributed by atoms with Crippen LogP contribution in [0.4, 0.5) is 0 Å². The fourth-order valence-electron chi connectivity index (χ4n) is 2.65. The Bertz CT molecular complexity index is 608. The van der Waals surface area contributed by atoms with Gasteiger partial charge in [-0.05, 0) is 47.7 Å². The molecule has 1 saturated heterocycles. The second-order valence-electron chi connectivity index (χ2n) is 5.25. The first-order valence-electron chi connectivity index (χ1n) is 6.88. The molecule has 4 nitrogen and oxygen atoms in total. The van der Waals surface area contributed by atoms with E-state index in [1.54, 1.807) is 0 Å². The van der Waals surface area contributed by atoms with E-state index in [-0.39, 0.29) is 5.38 Å². The number of rotatable bonds is 4. The van der Waals surface area contributed by atoms with Gasteiger partial charge in [0, 0.05) is 30.4 Å². The molecule has 0 aliphatic carbocycles. The van der Waals surface area contributed by atoms with Crippen LogP contribution in [0.15, 0.2) is 16.7 Å². The normalized spacial score (nSPS) is 20.6. The van der Waals surface area contributed by atoms with Gasteiger partial charge in [-0.25, -0.2) is 9.97 Å². The lowest BCUT2D eigenvalue weighted by Gasteiger charge is -2.12. The van der Waals surface area contributed by atoms with Crippen LogP contribution >= 0.6 is 27.5 Å². The van der Waals surface area contributed by atoms with Crippen LogP contribution in [0.5, 0.6) is 0 Å². The summed E-state index contributed by atoms with van der Waals surface area (Å²) in [4.78, 5) is 9.12. The maximum atomic E-state index is 6.27. The molecule has 0 radical (unpaired) electrons. The third-order valence-corrected chi connectivity index (χ3v) is 4.35. The Kier molecular flexibility index (Phi) is 4.29. The summed E-state index contributed by atoms with van der Waals surface area (Å²) in [5.41, 5.74) is 1.80. The summed E-state index contributed by atoms with van der Waals surface area (Å²) in [6, 6.07) is 1.99. The third-order valence-electron chi connectivity index (χ3n) is 3.72. The molecule has 3 rings (SSSR count). The Morgan fingerprint density at radius 3 is 3.15 bits per heavy atom. The summed E-state index contributed by atoms with van der Waals surface area (Å²) in [6.07, 6.45) is 4.04. The molecule has 3 heterocycles. The van der Waals surface area contributed by atoms with Gasteiger partial charge in [-0.15, -0.1) is 11.6 Å². The van der Waals surface area contributed by atoms with Crippen LogP contribution in [0.2, 0.25) is 0 Å². The molecule has 6 heteroatoms. The predicted molar refractivity (Wildman–Crippen MR) is 83.0 cm³/mol. The minimum absolute atomic E-state index is 0.122. The topological polar surface area (TPSA) is 39.9 Å². The van der Waals surface area contributed by atoms with E-state index >= 15 is 0 Å². The molecule has 2 aromatic rings. The summed E-state index contributed by atoms with van der Waals surface area (Å²) in [6.45, 7) is 4.61. The van der Waals surface area contributed by atoms with Gasteiger partial charge in [-0.3, -0.25) is 0 Å². The lowest BCUT2D eigenvalue weighted by atomic mass is 10.1. The molecule has 2 atom stereocenters. The molecule has 0 spiro atoms. The molecule has 0 saturated carbocycles. The van der Waals surface area contributed by atoms with E-state index < -0.39 is 0 Å². The van der Waals surface area contributed by atoms with Gasteiger partial charge in [0.15, 0.2) is 5.65 Å². The van der Waals surface area contributed by atoms with Crippen LogP contribution in [0.1, 0.15) is 31.0 Å². The van der Waals surface area contributed by atoms with Gasteiger partial charge in [-0.1, -0.05) is 0 Å².